The minimum Gasteiger partial charge on any atom is -0.316 e. The van der Waals surface area contributed by atoms with Crippen molar-refractivity contribution >= 4 is 0 Å². The van der Waals surface area contributed by atoms with E-state index in [2.05, 4.69) is 22.4 Å². The fraction of sp³-hybridized carbons (Fsp3) is 0.833. The summed E-state index contributed by atoms with van der Waals surface area (Å²) in [6, 6.07) is 0. The van der Waals surface area contributed by atoms with Crippen LogP contribution in [-0.2, 0) is 0 Å². The van der Waals surface area contributed by atoms with E-state index in [1.54, 1.807) is 0 Å². The largest absolute Gasteiger partial charge is 0.316 e. The first kappa shape index (κ1) is 10.3. The van der Waals surface area contributed by atoms with Crippen LogP contribution in [0.4, 0.5) is 0 Å². The first-order chi connectivity index (χ1) is 7.84. The Hall–Kier alpha value is -0.900. The van der Waals surface area contributed by atoms with Gasteiger partial charge in [-0.15, -0.1) is 0 Å². The Labute approximate surface area is 96.2 Å². The summed E-state index contributed by atoms with van der Waals surface area (Å²) < 4.78 is 0. The molecule has 3 rings (SSSR count). The Balaban J connectivity index is 1.76. The summed E-state index contributed by atoms with van der Waals surface area (Å²) in [4.78, 5) is 4.72. The zero-order valence-electron chi connectivity index (χ0n) is 9.87. The minimum atomic E-state index is 0.530. The van der Waals surface area contributed by atoms with E-state index in [1.807, 2.05) is 0 Å². The molecule has 1 aromatic rings. The molecular formula is C12H20N4. The fourth-order valence-corrected chi connectivity index (χ4v) is 3.00. The predicted octanol–water partition coefficient (Wildman–Crippen LogP) is 1.79. The van der Waals surface area contributed by atoms with Crippen LogP contribution in [0.5, 0.6) is 0 Å². The summed E-state index contributed by atoms with van der Waals surface area (Å²) in [5, 5.41) is 11.0. The van der Waals surface area contributed by atoms with Gasteiger partial charge < -0.3 is 5.32 Å². The molecule has 2 atom stereocenters. The van der Waals surface area contributed by atoms with Crippen LogP contribution in [0, 0.1) is 5.92 Å². The highest BCUT2D eigenvalue weighted by Crippen LogP contribution is 2.33. The third-order valence-corrected chi connectivity index (χ3v) is 4.11. The molecule has 88 valence electrons. The molecule has 0 aromatic carbocycles. The highest BCUT2D eigenvalue weighted by atomic mass is 15.2. The van der Waals surface area contributed by atoms with Crippen molar-refractivity contribution in [1.29, 1.82) is 0 Å². The van der Waals surface area contributed by atoms with Crippen LogP contribution < -0.4 is 5.32 Å². The molecule has 2 N–H and O–H groups in total. The van der Waals surface area contributed by atoms with Gasteiger partial charge in [-0.05, 0) is 25.3 Å². The van der Waals surface area contributed by atoms with Crippen LogP contribution in [0.25, 0.3) is 0 Å². The SMILES string of the molecule is C[C@@H]1CNC[C@H]1c1nc(C2CCCC2)n[nH]1. The lowest BCUT2D eigenvalue weighted by Gasteiger charge is -2.09. The van der Waals surface area contributed by atoms with Crippen LogP contribution in [0.2, 0.25) is 0 Å². The van der Waals surface area contributed by atoms with Gasteiger partial charge in [0.15, 0.2) is 5.82 Å². The second kappa shape index (κ2) is 4.17. The lowest BCUT2D eigenvalue weighted by Crippen LogP contribution is -2.09. The molecule has 1 saturated heterocycles. The Morgan fingerprint density at radius 3 is 2.69 bits per heavy atom. The molecule has 1 aliphatic carbocycles. The summed E-state index contributed by atoms with van der Waals surface area (Å²) >= 11 is 0. The molecule has 1 aromatic heterocycles. The number of nitrogens with one attached hydrogen (secondary N) is 2. The van der Waals surface area contributed by atoms with Gasteiger partial charge in [-0.3, -0.25) is 5.10 Å². The van der Waals surface area contributed by atoms with Crippen molar-refractivity contribution in [2.45, 2.75) is 44.4 Å². The molecule has 0 radical (unpaired) electrons. The normalized spacial score (nSPS) is 31.3. The van der Waals surface area contributed by atoms with E-state index in [0.29, 0.717) is 17.8 Å². The van der Waals surface area contributed by atoms with E-state index in [9.17, 15) is 0 Å². The maximum atomic E-state index is 4.72. The van der Waals surface area contributed by atoms with Gasteiger partial charge in [-0.25, -0.2) is 4.98 Å². The summed E-state index contributed by atoms with van der Waals surface area (Å²) in [5.41, 5.74) is 0. The van der Waals surface area contributed by atoms with Crippen molar-refractivity contribution in [2.24, 2.45) is 5.92 Å². The standard InChI is InChI=1S/C12H20N4/c1-8-6-13-7-10(8)12-14-11(15-16-12)9-4-2-3-5-9/h8-10,13H,2-7H2,1H3,(H,14,15,16)/t8-,10-/m1/s1. The molecule has 4 heteroatoms. The highest BCUT2D eigenvalue weighted by Gasteiger charge is 2.29. The lowest BCUT2D eigenvalue weighted by molar-refractivity contribution is 0.546. The van der Waals surface area contributed by atoms with Gasteiger partial charge >= 0.3 is 0 Å². The molecule has 0 bridgehead atoms. The molecule has 0 unspecified atom stereocenters. The highest BCUT2D eigenvalue weighted by molar-refractivity contribution is 5.07. The van der Waals surface area contributed by atoms with Gasteiger partial charge in [0, 0.05) is 18.4 Å². The quantitative estimate of drug-likeness (QED) is 0.799. The number of nitrogens with zero attached hydrogens (tertiary/aromatic N) is 2. The van der Waals surface area contributed by atoms with E-state index in [1.165, 1.54) is 25.7 Å². The van der Waals surface area contributed by atoms with Crippen LogP contribution in [0.1, 0.15) is 56.1 Å². The van der Waals surface area contributed by atoms with Crippen molar-refractivity contribution in [1.82, 2.24) is 20.5 Å². The molecule has 2 fully saturated rings. The maximum absolute atomic E-state index is 4.72. The number of aromatic nitrogens is 3. The van der Waals surface area contributed by atoms with Crippen LogP contribution in [0.15, 0.2) is 0 Å². The summed E-state index contributed by atoms with van der Waals surface area (Å²) in [5.74, 6) is 3.98. The summed E-state index contributed by atoms with van der Waals surface area (Å²) in [7, 11) is 0. The molecular weight excluding hydrogens is 200 g/mol. The molecule has 0 amide bonds. The molecule has 16 heavy (non-hydrogen) atoms. The van der Waals surface area contributed by atoms with Crippen LogP contribution >= 0.6 is 0 Å². The Morgan fingerprint density at radius 2 is 2.00 bits per heavy atom. The van der Waals surface area contributed by atoms with E-state index in [0.717, 1.165) is 24.7 Å². The predicted molar refractivity (Wildman–Crippen MR) is 62.4 cm³/mol. The van der Waals surface area contributed by atoms with Gasteiger partial charge in [0.2, 0.25) is 0 Å². The number of H-pyrrole nitrogens is 1. The first-order valence-electron chi connectivity index (χ1n) is 6.47. The monoisotopic (exact) mass is 220 g/mol. The Bertz CT molecular complexity index is 354. The average molecular weight is 220 g/mol. The van der Waals surface area contributed by atoms with E-state index >= 15 is 0 Å². The topological polar surface area (TPSA) is 53.6 Å². The second-order valence-corrected chi connectivity index (χ2v) is 5.30. The van der Waals surface area contributed by atoms with Crippen molar-refractivity contribution < 1.29 is 0 Å². The number of aromatic amines is 1. The average Bonchev–Trinajstić information content (AvgIpc) is 2.96. The van der Waals surface area contributed by atoms with E-state index in [4.69, 9.17) is 4.98 Å². The zero-order chi connectivity index (χ0) is 11.0. The van der Waals surface area contributed by atoms with Gasteiger partial charge in [0.25, 0.3) is 0 Å². The minimum absolute atomic E-state index is 0.530. The second-order valence-electron chi connectivity index (χ2n) is 5.30. The lowest BCUT2D eigenvalue weighted by atomic mass is 9.97. The van der Waals surface area contributed by atoms with Gasteiger partial charge in [-0.1, -0.05) is 19.8 Å². The Kier molecular flexibility index (Phi) is 2.67. The Morgan fingerprint density at radius 1 is 1.19 bits per heavy atom. The third-order valence-electron chi connectivity index (χ3n) is 4.11. The smallest absolute Gasteiger partial charge is 0.153 e. The fourth-order valence-electron chi connectivity index (χ4n) is 3.00. The summed E-state index contributed by atoms with van der Waals surface area (Å²) in [6.07, 6.45) is 5.23. The molecule has 0 spiro atoms. The molecule has 2 aliphatic rings. The van der Waals surface area contributed by atoms with E-state index in [-0.39, 0.29) is 0 Å². The maximum Gasteiger partial charge on any atom is 0.153 e. The molecule has 4 nitrogen and oxygen atoms in total. The molecule has 1 saturated carbocycles. The third kappa shape index (κ3) is 1.75. The summed E-state index contributed by atoms with van der Waals surface area (Å²) in [6.45, 7) is 4.42. The van der Waals surface area contributed by atoms with Gasteiger partial charge in [0.05, 0.1) is 0 Å². The van der Waals surface area contributed by atoms with Crippen molar-refractivity contribution in [2.75, 3.05) is 13.1 Å². The van der Waals surface area contributed by atoms with Crippen molar-refractivity contribution in [3.8, 4) is 0 Å². The van der Waals surface area contributed by atoms with Gasteiger partial charge in [0.1, 0.15) is 5.82 Å². The van der Waals surface area contributed by atoms with Crippen LogP contribution in [0.3, 0.4) is 0 Å². The first-order valence-corrected chi connectivity index (χ1v) is 6.47. The number of rotatable bonds is 2. The van der Waals surface area contributed by atoms with E-state index < -0.39 is 0 Å². The molecule has 2 heterocycles. The van der Waals surface area contributed by atoms with Crippen molar-refractivity contribution in [3.05, 3.63) is 11.6 Å². The van der Waals surface area contributed by atoms with Crippen LogP contribution in [-0.4, -0.2) is 28.3 Å². The zero-order valence-corrected chi connectivity index (χ0v) is 9.87. The number of hydrogen-bond acceptors (Lipinski definition) is 3. The van der Waals surface area contributed by atoms with Crippen molar-refractivity contribution in [3.63, 3.8) is 0 Å². The number of hydrogen-bond donors (Lipinski definition) is 2. The molecule has 1 aliphatic heterocycles. The van der Waals surface area contributed by atoms with Gasteiger partial charge in [-0.2, -0.15) is 5.10 Å².